The molecular weight excluding hydrogens is 328 g/mol. The maximum absolute atomic E-state index is 13.7. The Morgan fingerprint density at radius 3 is 2.57 bits per heavy atom. The van der Waals surface area contributed by atoms with Crippen LogP contribution in [0.15, 0.2) is 29.2 Å². The normalized spacial score (nSPS) is 20.9. The Morgan fingerprint density at radius 1 is 1.35 bits per heavy atom. The molecule has 0 aromatic heterocycles. The number of hydrogen-bond acceptors (Lipinski definition) is 4. The first kappa shape index (κ1) is 17.8. The van der Waals surface area contributed by atoms with Gasteiger partial charge in [-0.2, -0.15) is 0 Å². The van der Waals surface area contributed by atoms with Gasteiger partial charge in [-0.15, -0.1) is 0 Å². The van der Waals surface area contributed by atoms with Crippen LogP contribution in [0.5, 0.6) is 0 Å². The molecule has 128 valence electrons. The Labute approximate surface area is 133 Å². The molecule has 1 fully saturated rings. The van der Waals surface area contributed by atoms with Gasteiger partial charge in [-0.3, -0.25) is 4.79 Å². The highest BCUT2D eigenvalue weighted by atomic mass is 32.2. The molecule has 1 aromatic carbocycles. The minimum absolute atomic E-state index is 0.0672. The lowest BCUT2D eigenvalue weighted by atomic mass is 9.94. The number of hydrogen-bond donors (Lipinski definition) is 3. The fraction of sp³-hybridized carbons (Fsp3) is 0.500. The van der Waals surface area contributed by atoms with Crippen molar-refractivity contribution in [2.75, 3.05) is 26.7 Å². The van der Waals surface area contributed by atoms with Gasteiger partial charge in [-0.05, 0) is 37.2 Å². The molecule has 3 N–H and O–H groups in total. The number of rotatable bonds is 5. The fourth-order valence-electron chi connectivity index (χ4n) is 2.36. The SMILES string of the molecule is CNC(=O)c1ccc(S(=O)(=O)NCC2CCNCC2(F)F)cc1. The molecule has 0 spiro atoms. The molecule has 23 heavy (non-hydrogen) atoms. The molecule has 1 aromatic rings. The van der Waals surface area contributed by atoms with E-state index in [1.807, 2.05) is 0 Å². The zero-order valence-electron chi connectivity index (χ0n) is 12.6. The predicted octanol–water partition coefficient (Wildman–Crippen LogP) is 0.569. The molecule has 1 amide bonds. The van der Waals surface area contributed by atoms with Gasteiger partial charge in [0, 0.05) is 25.1 Å². The van der Waals surface area contributed by atoms with Crippen LogP contribution in [0.3, 0.4) is 0 Å². The van der Waals surface area contributed by atoms with Crippen molar-refractivity contribution in [3.8, 4) is 0 Å². The number of carbonyl (C=O) groups is 1. The standard InChI is InChI=1S/C14H19F2N3O3S/c1-17-13(20)10-2-4-12(5-3-10)23(21,22)19-8-11-6-7-18-9-14(11,15)16/h2-5,11,18-19H,6-9H2,1H3,(H,17,20). The summed E-state index contributed by atoms with van der Waals surface area (Å²) in [6.45, 7) is -0.336. The second-order valence-electron chi connectivity index (χ2n) is 5.38. The lowest BCUT2D eigenvalue weighted by Gasteiger charge is -2.31. The molecule has 6 nitrogen and oxygen atoms in total. The first-order valence-corrected chi connectivity index (χ1v) is 8.65. The van der Waals surface area contributed by atoms with Crippen molar-refractivity contribution in [2.24, 2.45) is 5.92 Å². The Kier molecular flexibility index (Phi) is 5.33. The van der Waals surface area contributed by atoms with Gasteiger partial charge in [0.1, 0.15) is 0 Å². The molecule has 1 heterocycles. The van der Waals surface area contributed by atoms with Gasteiger partial charge in [0.05, 0.1) is 11.4 Å². The van der Waals surface area contributed by atoms with E-state index in [0.29, 0.717) is 12.1 Å². The molecular formula is C14H19F2N3O3S. The van der Waals surface area contributed by atoms with Crippen molar-refractivity contribution in [3.05, 3.63) is 29.8 Å². The van der Waals surface area contributed by atoms with Crippen LogP contribution in [-0.2, 0) is 10.0 Å². The highest BCUT2D eigenvalue weighted by molar-refractivity contribution is 7.89. The van der Waals surface area contributed by atoms with Gasteiger partial charge < -0.3 is 10.6 Å². The van der Waals surface area contributed by atoms with E-state index in [2.05, 4.69) is 15.4 Å². The van der Waals surface area contributed by atoms with Gasteiger partial charge in [0.25, 0.3) is 11.8 Å². The third kappa shape index (κ3) is 4.24. The summed E-state index contributed by atoms with van der Waals surface area (Å²) in [5, 5.41) is 5.01. The Balaban J connectivity index is 2.05. The largest absolute Gasteiger partial charge is 0.355 e. The van der Waals surface area contributed by atoms with Crippen LogP contribution in [0, 0.1) is 5.92 Å². The van der Waals surface area contributed by atoms with Crippen LogP contribution in [0.4, 0.5) is 8.78 Å². The maximum Gasteiger partial charge on any atom is 0.264 e. The lowest BCUT2D eigenvalue weighted by molar-refractivity contribution is -0.0704. The highest BCUT2D eigenvalue weighted by Gasteiger charge is 2.41. The number of amides is 1. The van der Waals surface area contributed by atoms with E-state index in [9.17, 15) is 22.0 Å². The average Bonchev–Trinajstić information content (AvgIpc) is 2.53. The first-order valence-electron chi connectivity index (χ1n) is 7.16. The summed E-state index contributed by atoms with van der Waals surface area (Å²) < 4.78 is 53.9. The molecule has 1 aliphatic rings. The van der Waals surface area contributed by atoms with Crippen LogP contribution in [0.2, 0.25) is 0 Å². The summed E-state index contributed by atoms with van der Waals surface area (Å²) in [5.74, 6) is -4.32. The Hall–Kier alpha value is -1.58. The number of piperidine rings is 1. The third-order valence-electron chi connectivity index (χ3n) is 3.80. The Morgan fingerprint density at radius 2 is 2.00 bits per heavy atom. The van der Waals surface area contributed by atoms with Crippen molar-refractivity contribution < 1.29 is 22.0 Å². The van der Waals surface area contributed by atoms with Crippen molar-refractivity contribution in [2.45, 2.75) is 17.2 Å². The summed E-state index contributed by atoms with van der Waals surface area (Å²) in [7, 11) is -2.43. The van der Waals surface area contributed by atoms with Gasteiger partial charge in [0.15, 0.2) is 0 Å². The highest BCUT2D eigenvalue weighted by Crippen LogP contribution is 2.29. The van der Waals surface area contributed by atoms with Crippen molar-refractivity contribution in [1.82, 2.24) is 15.4 Å². The summed E-state index contributed by atoms with van der Waals surface area (Å²) in [6.07, 6.45) is 0.200. The van der Waals surface area contributed by atoms with Crippen LogP contribution in [0.1, 0.15) is 16.8 Å². The van der Waals surface area contributed by atoms with Crippen LogP contribution >= 0.6 is 0 Å². The molecule has 1 saturated heterocycles. The second kappa shape index (κ2) is 6.90. The summed E-state index contributed by atoms with van der Waals surface area (Å²) in [6, 6.07) is 5.28. The predicted molar refractivity (Wildman–Crippen MR) is 80.9 cm³/mol. The second-order valence-corrected chi connectivity index (χ2v) is 7.15. The smallest absolute Gasteiger partial charge is 0.264 e. The number of sulfonamides is 1. The minimum atomic E-state index is -3.89. The quantitative estimate of drug-likeness (QED) is 0.727. The summed E-state index contributed by atoms with van der Waals surface area (Å²) >= 11 is 0. The number of carbonyl (C=O) groups excluding carboxylic acids is 1. The van der Waals surface area contributed by atoms with E-state index in [-0.39, 0.29) is 23.8 Å². The molecule has 0 radical (unpaired) electrons. The number of nitrogens with one attached hydrogen (secondary N) is 3. The zero-order valence-corrected chi connectivity index (χ0v) is 13.4. The molecule has 1 aliphatic heterocycles. The van der Waals surface area contributed by atoms with E-state index < -0.39 is 28.4 Å². The minimum Gasteiger partial charge on any atom is -0.355 e. The fourth-order valence-corrected chi connectivity index (χ4v) is 3.44. The summed E-state index contributed by atoms with van der Waals surface area (Å²) in [5.41, 5.74) is 0.316. The molecule has 0 aliphatic carbocycles. The van der Waals surface area contributed by atoms with Crippen LogP contribution in [0.25, 0.3) is 0 Å². The van der Waals surface area contributed by atoms with Gasteiger partial charge in [-0.1, -0.05) is 0 Å². The topological polar surface area (TPSA) is 87.3 Å². The first-order chi connectivity index (χ1) is 10.8. The maximum atomic E-state index is 13.7. The van der Waals surface area contributed by atoms with E-state index in [4.69, 9.17) is 0 Å². The average molecular weight is 347 g/mol. The van der Waals surface area contributed by atoms with Crippen molar-refractivity contribution in [3.63, 3.8) is 0 Å². The molecule has 1 atom stereocenters. The van der Waals surface area contributed by atoms with Gasteiger partial charge in [-0.25, -0.2) is 21.9 Å². The van der Waals surface area contributed by atoms with Crippen LogP contribution < -0.4 is 15.4 Å². The molecule has 0 saturated carbocycles. The molecule has 0 bridgehead atoms. The van der Waals surface area contributed by atoms with Gasteiger partial charge >= 0.3 is 0 Å². The van der Waals surface area contributed by atoms with E-state index in [0.717, 1.165) is 0 Å². The zero-order chi connectivity index (χ0) is 17.1. The monoisotopic (exact) mass is 347 g/mol. The lowest BCUT2D eigenvalue weighted by Crippen LogP contribution is -2.50. The Bertz CT molecular complexity index is 662. The molecule has 1 unspecified atom stereocenters. The van der Waals surface area contributed by atoms with Crippen molar-refractivity contribution >= 4 is 15.9 Å². The van der Waals surface area contributed by atoms with E-state index in [1.54, 1.807) is 0 Å². The van der Waals surface area contributed by atoms with Crippen LogP contribution in [-0.4, -0.2) is 46.9 Å². The van der Waals surface area contributed by atoms with Crippen molar-refractivity contribution in [1.29, 1.82) is 0 Å². The molecule has 9 heteroatoms. The number of halogens is 2. The summed E-state index contributed by atoms with van der Waals surface area (Å²) in [4.78, 5) is 11.3. The van der Waals surface area contributed by atoms with E-state index >= 15 is 0 Å². The number of alkyl halides is 2. The van der Waals surface area contributed by atoms with Gasteiger partial charge in [0.2, 0.25) is 10.0 Å². The number of benzene rings is 1. The van der Waals surface area contributed by atoms with E-state index in [1.165, 1.54) is 31.3 Å². The molecule has 2 rings (SSSR count). The third-order valence-corrected chi connectivity index (χ3v) is 5.24.